The summed E-state index contributed by atoms with van der Waals surface area (Å²) >= 11 is 0. The smallest absolute Gasteiger partial charge is 0.430 e. The van der Waals surface area contributed by atoms with Crippen LogP contribution in [0.2, 0.25) is 19.6 Å². The van der Waals surface area contributed by atoms with Crippen molar-refractivity contribution < 1.29 is 33.0 Å². The molecule has 102 valence electrons. The average Bonchev–Trinajstić information content (AvgIpc) is 2.82. The zero-order chi connectivity index (χ0) is 13.4. The van der Waals surface area contributed by atoms with Gasteiger partial charge < -0.3 is 23.4 Å². The molecule has 0 radical (unpaired) electrons. The Bertz CT molecular complexity index is 364. The molecule has 0 bridgehead atoms. The predicted octanol–water partition coefficient (Wildman–Crippen LogP) is 1.28. The second-order valence-electron chi connectivity index (χ2n) is 5.27. The lowest BCUT2D eigenvalue weighted by Crippen LogP contribution is -2.52. The molecule has 2 atom stereocenters. The van der Waals surface area contributed by atoms with Gasteiger partial charge in [-0.05, 0) is 19.6 Å². The van der Waals surface area contributed by atoms with Crippen molar-refractivity contribution in [2.45, 2.75) is 31.3 Å². The second kappa shape index (κ2) is 4.43. The van der Waals surface area contributed by atoms with E-state index in [1.54, 1.807) is 0 Å². The predicted molar refractivity (Wildman–Crippen MR) is 60.7 cm³/mol. The summed E-state index contributed by atoms with van der Waals surface area (Å²) in [5, 5.41) is 0. The molecular formula is C10H16O7Si. The minimum atomic E-state index is -1.79. The molecule has 8 heteroatoms. The van der Waals surface area contributed by atoms with Gasteiger partial charge in [-0.1, -0.05) is 0 Å². The van der Waals surface area contributed by atoms with Gasteiger partial charge >= 0.3 is 12.3 Å². The topological polar surface area (TPSA) is 80.3 Å². The third-order valence-electron chi connectivity index (χ3n) is 2.65. The van der Waals surface area contributed by atoms with Crippen molar-refractivity contribution in [2.75, 3.05) is 19.8 Å². The maximum Gasteiger partial charge on any atom is 0.509 e. The fraction of sp³-hybridized carbons (Fsp3) is 0.800. The van der Waals surface area contributed by atoms with Crippen LogP contribution in [0.25, 0.3) is 0 Å². The van der Waals surface area contributed by atoms with Crippen molar-refractivity contribution in [3.8, 4) is 0 Å². The molecule has 18 heavy (non-hydrogen) atoms. The fourth-order valence-electron chi connectivity index (χ4n) is 1.65. The van der Waals surface area contributed by atoms with E-state index in [-0.39, 0.29) is 19.8 Å². The molecule has 0 amide bonds. The molecular weight excluding hydrogens is 260 g/mol. The molecule has 2 saturated heterocycles. The molecule has 0 aromatic rings. The van der Waals surface area contributed by atoms with Crippen molar-refractivity contribution in [3.63, 3.8) is 0 Å². The molecule has 0 N–H and O–H groups in total. The monoisotopic (exact) mass is 276 g/mol. The van der Waals surface area contributed by atoms with Crippen molar-refractivity contribution in [1.29, 1.82) is 0 Å². The Balaban J connectivity index is 2.09. The van der Waals surface area contributed by atoms with Crippen LogP contribution >= 0.6 is 0 Å². The van der Waals surface area contributed by atoms with E-state index < -0.39 is 32.3 Å². The van der Waals surface area contributed by atoms with Gasteiger partial charge in [-0.3, -0.25) is 0 Å². The zero-order valence-corrected chi connectivity index (χ0v) is 11.6. The molecule has 2 heterocycles. The first-order valence-electron chi connectivity index (χ1n) is 5.64. The number of rotatable bonds is 4. The van der Waals surface area contributed by atoms with E-state index in [0.717, 1.165) is 0 Å². The van der Waals surface area contributed by atoms with Crippen molar-refractivity contribution in [1.82, 2.24) is 0 Å². The lowest BCUT2D eigenvalue weighted by atomic mass is 10.00. The lowest BCUT2D eigenvalue weighted by Gasteiger charge is -2.31. The Labute approximate surface area is 105 Å². The van der Waals surface area contributed by atoms with E-state index in [1.807, 2.05) is 19.6 Å². The van der Waals surface area contributed by atoms with Gasteiger partial charge in [0.2, 0.25) is 5.60 Å². The minimum Gasteiger partial charge on any atom is -0.430 e. The number of carbonyl (C=O) groups excluding carboxylic acids is 2. The average molecular weight is 276 g/mol. The Morgan fingerprint density at radius 2 is 2.00 bits per heavy atom. The summed E-state index contributed by atoms with van der Waals surface area (Å²) in [6.07, 6.45) is -2.24. The van der Waals surface area contributed by atoms with E-state index in [4.69, 9.17) is 23.4 Å². The highest BCUT2D eigenvalue weighted by molar-refractivity contribution is 6.69. The summed E-state index contributed by atoms with van der Waals surface area (Å²) in [6.45, 7) is 6.19. The molecule has 2 aliphatic rings. The van der Waals surface area contributed by atoms with Gasteiger partial charge in [0, 0.05) is 0 Å². The van der Waals surface area contributed by atoms with E-state index in [1.165, 1.54) is 0 Å². The van der Waals surface area contributed by atoms with Crippen LogP contribution in [0.3, 0.4) is 0 Å². The maximum absolute atomic E-state index is 11.2. The Morgan fingerprint density at radius 3 is 2.44 bits per heavy atom. The minimum absolute atomic E-state index is 0.00236. The fourth-order valence-corrected chi connectivity index (χ4v) is 2.33. The van der Waals surface area contributed by atoms with Crippen LogP contribution in [-0.2, 0) is 23.4 Å². The molecule has 7 nitrogen and oxygen atoms in total. The van der Waals surface area contributed by atoms with Crippen LogP contribution in [0, 0.1) is 0 Å². The van der Waals surface area contributed by atoms with E-state index in [2.05, 4.69) is 0 Å². The molecule has 0 saturated carbocycles. The molecule has 0 spiro atoms. The van der Waals surface area contributed by atoms with Crippen LogP contribution < -0.4 is 0 Å². The lowest BCUT2D eigenvalue weighted by molar-refractivity contribution is -0.0671. The first-order chi connectivity index (χ1) is 8.31. The SMILES string of the molecule is C[Si](C)(C)OCC1(C2COC(=O)O2)COC(=O)O1. The largest absolute Gasteiger partial charge is 0.509 e. The highest BCUT2D eigenvalue weighted by Crippen LogP contribution is 2.30. The van der Waals surface area contributed by atoms with Crippen molar-refractivity contribution in [2.24, 2.45) is 0 Å². The molecule has 0 aromatic heterocycles. The van der Waals surface area contributed by atoms with E-state index in [9.17, 15) is 9.59 Å². The number of cyclic esters (lactones) is 4. The van der Waals surface area contributed by atoms with Crippen molar-refractivity contribution in [3.05, 3.63) is 0 Å². The summed E-state index contributed by atoms with van der Waals surface area (Å²) in [7, 11) is -1.79. The van der Waals surface area contributed by atoms with Gasteiger partial charge in [-0.15, -0.1) is 0 Å². The van der Waals surface area contributed by atoms with E-state index in [0.29, 0.717) is 0 Å². The standard InChI is InChI=1S/C10H16O7Si/c1-18(2,3)15-6-10(5-14-9(12)17-10)7-4-13-8(11)16-7/h7H,4-6H2,1-3H3. The second-order valence-corrected chi connectivity index (χ2v) is 9.79. The van der Waals surface area contributed by atoms with Crippen LogP contribution in [0.15, 0.2) is 0 Å². The highest BCUT2D eigenvalue weighted by atomic mass is 28.4. The summed E-state index contributed by atoms with van der Waals surface area (Å²) in [5.74, 6) is 0. The quantitative estimate of drug-likeness (QED) is 0.565. The highest BCUT2D eigenvalue weighted by Gasteiger charge is 2.54. The molecule has 0 aromatic carbocycles. The van der Waals surface area contributed by atoms with Gasteiger partial charge in [-0.25, -0.2) is 9.59 Å². The van der Waals surface area contributed by atoms with Gasteiger partial charge in [0.25, 0.3) is 0 Å². The van der Waals surface area contributed by atoms with Gasteiger partial charge in [0.1, 0.15) is 13.2 Å². The van der Waals surface area contributed by atoms with Crippen molar-refractivity contribution >= 4 is 20.6 Å². The van der Waals surface area contributed by atoms with Gasteiger partial charge in [-0.2, -0.15) is 0 Å². The summed E-state index contributed by atoms with van der Waals surface area (Å²) in [6, 6.07) is 0. The molecule has 2 aliphatic heterocycles. The number of carbonyl (C=O) groups is 2. The Hall–Kier alpha value is -1.28. The number of hydrogen-bond donors (Lipinski definition) is 0. The third-order valence-corrected chi connectivity index (χ3v) is 3.66. The van der Waals surface area contributed by atoms with Crippen LogP contribution in [0.5, 0.6) is 0 Å². The summed E-state index contributed by atoms with van der Waals surface area (Å²) in [4.78, 5) is 22.1. The van der Waals surface area contributed by atoms with Gasteiger partial charge in [0.05, 0.1) is 6.61 Å². The Kier molecular flexibility index (Phi) is 3.24. The van der Waals surface area contributed by atoms with Crippen LogP contribution in [0.1, 0.15) is 0 Å². The van der Waals surface area contributed by atoms with Crippen LogP contribution in [-0.4, -0.2) is 52.2 Å². The molecule has 2 unspecified atom stereocenters. The maximum atomic E-state index is 11.2. The number of ether oxygens (including phenoxy) is 4. The zero-order valence-electron chi connectivity index (χ0n) is 10.6. The molecule has 2 fully saturated rings. The molecule has 2 rings (SSSR count). The first kappa shape index (κ1) is 13.2. The van der Waals surface area contributed by atoms with Gasteiger partial charge in [0.15, 0.2) is 14.4 Å². The normalized spacial score (nSPS) is 31.6. The van der Waals surface area contributed by atoms with Crippen LogP contribution in [0.4, 0.5) is 9.59 Å². The first-order valence-corrected chi connectivity index (χ1v) is 9.05. The third kappa shape index (κ3) is 2.75. The van der Waals surface area contributed by atoms with E-state index >= 15 is 0 Å². The summed E-state index contributed by atoms with van der Waals surface area (Å²) < 4.78 is 25.4. The Morgan fingerprint density at radius 1 is 1.28 bits per heavy atom. The molecule has 0 aliphatic carbocycles. The summed E-state index contributed by atoms with van der Waals surface area (Å²) in [5.41, 5.74) is -1.09. The number of hydrogen-bond acceptors (Lipinski definition) is 7.